The first-order valence-corrected chi connectivity index (χ1v) is 5.95. The summed E-state index contributed by atoms with van der Waals surface area (Å²) >= 11 is 0. The van der Waals surface area contributed by atoms with E-state index >= 15 is 0 Å². The third-order valence-electron chi connectivity index (χ3n) is 2.20. The molecule has 110 valence electrons. The van der Waals surface area contributed by atoms with Crippen molar-refractivity contribution in [2.75, 3.05) is 0 Å². The Balaban J connectivity index is 2.76. The van der Waals surface area contributed by atoms with Gasteiger partial charge in [-0.25, -0.2) is 14.2 Å². The highest BCUT2D eigenvalue weighted by Crippen LogP contribution is 2.11. The summed E-state index contributed by atoms with van der Waals surface area (Å²) < 4.78 is 31.3. The lowest BCUT2D eigenvalue weighted by Gasteiger charge is -2.22. The molecule has 0 aliphatic rings. The van der Waals surface area contributed by atoms with E-state index < -0.39 is 40.8 Å². The summed E-state index contributed by atoms with van der Waals surface area (Å²) in [5, 5.41) is 2.24. The number of pyridine rings is 1. The average molecular weight is 286 g/mol. The van der Waals surface area contributed by atoms with Crippen LogP contribution < -0.4 is 5.32 Å². The van der Waals surface area contributed by atoms with Crippen LogP contribution in [0.2, 0.25) is 0 Å². The van der Waals surface area contributed by atoms with Crippen molar-refractivity contribution in [1.29, 1.82) is 0 Å². The maximum Gasteiger partial charge on any atom is 0.328 e. The predicted molar refractivity (Wildman–Crippen MR) is 66.9 cm³/mol. The van der Waals surface area contributed by atoms with Crippen LogP contribution in [-0.2, 0) is 9.53 Å². The van der Waals surface area contributed by atoms with Gasteiger partial charge in [-0.05, 0) is 33.8 Å². The number of aromatic nitrogens is 1. The number of nitrogens with zero attached hydrogens (tertiary/aromatic N) is 1. The van der Waals surface area contributed by atoms with E-state index in [0.717, 1.165) is 12.3 Å². The van der Waals surface area contributed by atoms with Gasteiger partial charge < -0.3 is 10.1 Å². The summed E-state index contributed by atoms with van der Waals surface area (Å²) in [6.45, 7) is 6.42. The SMILES string of the molecule is C[C@H](NC(=O)c1ccnc(F)c1F)C(=O)OC(C)(C)C. The highest BCUT2D eigenvalue weighted by Gasteiger charge is 2.25. The third-order valence-corrected chi connectivity index (χ3v) is 2.20. The van der Waals surface area contributed by atoms with Gasteiger partial charge in [0.1, 0.15) is 11.6 Å². The molecule has 1 amide bonds. The molecule has 0 aliphatic heterocycles. The van der Waals surface area contributed by atoms with E-state index in [9.17, 15) is 18.4 Å². The van der Waals surface area contributed by atoms with Crippen LogP contribution in [0, 0.1) is 11.8 Å². The van der Waals surface area contributed by atoms with Crippen molar-refractivity contribution < 1.29 is 23.1 Å². The zero-order valence-electron chi connectivity index (χ0n) is 11.7. The van der Waals surface area contributed by atoms with E-state index in [-0.39, 0.29) is 0 Å². The molecule has 1 heterocycles. The highest BCUT2D eigenvalue weighted by molar-refractivity contribution is 5.96. The fourth-order valence-electron chi connectivity index (χ4n) is 1.32. The van der Waals surface area contributed by atoms with Crippen LogP contribution >= 0.6 is 0 Å². The van der Waals surface area contributed by atoms with Crippen molar-refractivity contribution in [2.45, 2.75) is 39.3 Å². The van der Waals surface area contributed by atoms with Gasteiger partial charge in [-0.2, -0.15) is 4.39 Å². The van der Waals surface area contributed by atoms with Crippen molar-refractivity contribution in [3.8, 4) is 0 Å². The van der Waals surface area contributed by atoms with Gasteiger partial charge >= 0.3 is 5.97 Å². The minimum absolute atomic E-state index is 0.520. The molecule has 1 rings (SSSR count). The summed E-state index contributed by atoms with van der Waals surface area (Å²) in [6.07, 6.45) is 0.964. The number of halogens is 2. The molecule has 0 aliphatic carbocycles. The monoisotopic (exact) mass is 286 g/mol. The van der Waals surface area contributed by atoms with Crippen LogP contribution in [0.5, 0.6) is 0 Å². The molecule has 0 aromatic carbocycles. The summed E-state index contributed by atoms with van der Waals surface area (Å²) in [4.78, 5) is 26.5. The minimum atomic E-state index is -1.37. The fourth-order valence-corrected chi connectivity index (χ4v) is 1.32. The molecular formula is C13H16F2N2O3. The van der Waals surface area contributed by atoms with Crippen LogP contribution in [0.15, 0.2) is 12.3 Å². The van der Waals surface area contributed by atoms with E-state index in [0.29, 0.717) is 0 Å². The molecule has 1 aromatic rings. The molecular weight excluding hydrogens is 270 g/mol. The van der Waals surface area contributed by atoms with E-state index in [4.69, 9.17) is 4.74 Å². The molecule has 20 heavy (non-hydrogen) atoms. The molecule has 0 radical (unpaired) electrons. The van der Waals surface area contributed by atoms with Gasteiger partial charge in [0, 0.05) is 6.20 Å². The van der Waals surface area contributed by atoms with Gasteiger partial charge in [-0.3, -0.25) is 4.79 Å². The molecule has 0 saturated carbocycles. The first kappa shape index (κ1) is 16.0. The number of carbonyl (C=O) groups excluding carboxylic acids is 2. The van der Waals surface area contributed by atoms with Crippen molar-refractivity contribution in [1.82, 2.24) is 10.3 Å². The Bertz CT molecular complexity index is 527. The Kier molecular flexibility index (Phi) is 4.75. The van der Waals surface area contributed by atoms with Crippen LogP contribution in [-0.4, -0.2) is 28.5 Å². The van der Waals surface area contributed by atoms with Gasteiger partial charge in [0.25, 0.3) is 5.91 Å². The van der Waals surface area contributed by atoms with Gasteiger partial charge in [-0.1, -0.05) is 0 Å². The Labute approximate surface area is 115 Å². The van der Waals surface area contributed by atoms with Gasteiger partial charge in [0.05, 0.1) is 5.56 Å². The van der Waals surface area contributed by atoms with Crippen LogP contribution in [0.1, 0.15) is 38.1 Å². The fraction of sp³-hybridized carbons (Fsp3) is 0.462. The number of ether oxygens (including phenoxy) is 1. The number of amides is 1. The predicted octanol–water partition coefficient (Wildman–Crippen LogP) is 1.82. The number of rotatable bonds is 3. The number of hydrogen-bond donors (Lipinski definition) is 1. The van der Waals surface area contributed by atoms with E-state index in [1.807, 2.05) is 0 Å². The van der Waals surface area contributed by atoms with E-state index in [2.05, 4.69) is 10.3 Å². The molecule has 0 saturated heterocycles. The molecule has 0 bridgehead atoms. The van der Waals surface area contributed by atoms with Crippen LogP contribution in [0.4, 0.5) is 8.78 Å². The van der Waals surface area contributed by atoms with Crippen LogP contribution in [0.3, 0.4) is 0 Å². The van der Waals surface area contributed by atoms with Crippen LogP contribution in [0.25, 0.3) is 0 Å². The normalized spacial score (nSPS) is 12.7. The zero-order valence-corrected chi connectivity index (χ0v) is 11.7. The van der Waals surface area contributed by atoms with Gasteiger partial charge in [-0.15, -0.1) is 0 Å². The number of hydrogen-bond acceptors (Lipinski definition) is 4. The lowest BCUT2D eigenvalue weighted by Crippen LogP contribution is -2.42. The molecule has 7 heteroatoms. The number of esters is 1. The average Bonchev–Trinajstić information content (AvgIpc) is 2.30. The molecule has 0 spiro atoms. The smallest absolute Gasteiger partial charge is 0.328 e. The Morgan fingerprint density at radius 1 is 1.35 bits per heavy atom. The Hall–Kier alpha value is -2.05. The largest absolute Gasteiger partial charge is 0.458 e. The molecule has 1 aromatic heterocycles. The first-order valence-electron chi connectivity index (χ1n) is 5.95. The van der Waals surface area contributed by atoms with Crippen molar-refractivity contribution in [3.63, 3.8) is 0 Å². The first-order chi connectivity index (χ1) is 9.11. The molecule has 1 atom stereocenters. The van der Waals surface area contributed by atoms with Crippen molar-refractivity contribution in [2.24, 2.45) is 0 Å². The molecule has 1 N–H and O–H groups in total. The maximum atomic E-state index is 13.4. The van der Waals surface area contributed by atoms with E-state index in [1.54, 1.807) is 20.8 Å². The second kappa shape index (κ2) is 5.94. The van der Waals surface area contributed by atoms with E-state index in [1.165, 1.54) is 6.92 Å². The lowest BCUT2D eigenvalue weighted by atomic mass is 10.2. The molecule has 5 nitrogen and oxygen atoms in total. The number of carbonyl (C=O) groups is 2. The summed E-state index contributed by atoms with van der Waals surface area (Å²) in [7, 11) is 0. The topological polar surface area (TPSA) is 68.3 Å². The second-order valence-corrected chi connectivity index (χ2v) is 5.19. The summed E-state index contributed by atoms with van der Waals surface area (Å²) in [5.74, 6) is -4.31. The second-order valence-electron chi connectivity index (χ2n) is 5.19. The summed E-state index contributed by atoms with van der Waals surface area (Å²) in [5.41, 5.74) is -1.22. The Morgan fingerprint density at radius 2 is 1.95 bits per heavy atom. The van der Waals surface area contributed by atoms with Gasteiger partial charge in [0.2, 0.25) is 5.95 Å². The standard InChI is InChI=1S/C13H16F2N2O3/c1-7(12(19)20-13(2,3)4)17-11(18)8-5-6-16-10(15)9(8)14/h5-7H,1-4H3,(H,17,18)/t7-/m0/s1. The lowest BCUT2D eigenvalue weighted by molar-refractivity contribution is -0.156. The van der Waals surface area contributed by atoms with Gasteiger partial charge in [0.15, 0.2) is 5.82 Å². The number of nitrogens with one attached hydrogen (secondary N) is 1. The maximum absolute atomic E-state index is 13.4. The molecule has 0 fully saturated rings. The summed E-state index contributed by atoms with van der Waals surface area (Å²) in [6, 6.07) is 0.0348. The van der Waals surface area contributed by atoms with Crippen molar-refractivity contribution >= 4 is 11.9 Å². The quantitative estimate of drug-likeness (QED) is 0.680. The minimum Gasteiger partial charge on any atom is -0.458 e. The van der Waals surface area contributed by atoms with Crippen molar-refractivity contribution in [3.05, 3.63) is 29.6 Å². The third kappa shape index (κ3) is 4.25. The highest BCUT2D eigenvalue weighted by atomic mass is 19.2. The Morgan fingerprint density at radius 3 is 2.50 bits per heavy atom. The molecule has 0 unspecified atom stereocenters. The zero-order chi connectivity index (χ0) is 15.5.